The number of unbranched alkanes of at least 4 members (excludes halogenated alkanes) is 1. The molecule has 0 aliphatic rings. The lowest BCUT2D eigenvalue weighted by Gasteiger charge is -2.14. The maximum Gasteiger partial charge on any atom is 0.347 e. The van der Waals surface area contributed by atoms with Gasteiger partial charge in [-0.3, -0.25) is 4.79 Å². The summed E-state index contributed by atoms with van der Waals surface area (Å²) >= 11 is 0. The standard InChI is InChI=1S/C22H27NO4/c1-3-4-16-26-22(25)17(2)27-20-12-10-19(11-13-20)21(24)23-15-14-18-8-6-5-7-9-18/h5-13,17H,3-4,14-16H2,1-2H3,(H,23,24)/t17-/m1/s1. The number of hydrogen-bond donors (Lipinski definition) is 1. The SMILES string of the molecule is CCCCOC(=O)[C@@H](C)Oc1ccc(C(=O)NCCc2ccccc2)cc1. The lowest BCUT2D eigenvalue weighted by atomic mass is 10.1. The van der Waals surface area contributed by atoms with Crippen molar-refractivity contribution >= 4 is 11.9 Å². The minimum atomic E-state index is -0.688. The van der Waals surface area contributed by atoms with Crippen LogP contribution < -0.4 is 10.1 Å². The van der Waals surface area contributed by atoms with Crippen LogP contribution in [0.5, 0.6) is 5.75 Å². The molecule has 1 amide bonds. The molecule has 5 heteroatoms. The molecule has 1 N–H and O–H groups in total. The summed E-state index contributed by atoms with van der Waals surface area (Å²) in [7, 11) is 0. The molecule has 0 saturated heterocycles. The van der Waals surface area contributed by atoms with Gasteiger partial charge >= 0.3 is 5.97 Å². The van der Waals surface area contributed by atoms with Crippen molar-refractivity contribution in [1.29, 1.82) is 0 Å². The van der Waals surface area contributed by atoms with Crippen molar-refractivity contribution in [3.63, 3.8) is 0 Å². The molecule has 5 nitrogen and oxygen atoms in total. The Morgan fingerprint density at radius 1 is 1.04 bits per heavy atom. The van der Waals surface area contributed by atoms with Gasteiger partial charge in [-0.2, -0.15) is 0 Å². The fourth-order valence-electron chi connectivity index (χ4n) is 2.44. The smallest absolute Gasteiger partial charge is 0.347 e. The van der Waals surface area contributed by atoms with Gasteiger partial charge in [0.2, 0.25) is 0 Å². The number of carbonyl (C=O) groups is 2. The van der Waals surface area contributed by atoms with Gasteiger partial charge in [0.1, 0.15) is 5.75 Å². The second-order valence-corrected chi connectivity index (χ2v) is 6.30. The lowest BCUT2D eigenvalue weighted by Crippen LogP contribution is -2.27. The van der Waals surface area contributed by atoms with Crippen LogP contribution >= 0.6 is 0 Å². The summed E-state index contributed by atoms with van der Waals surface area (Å²) < 4.78 is 10.7. The van der Waals surface area contributed by atoms with Gasteiger partial charge in [-0.25, -0.2) is 4.79 Å². The number of carbonyl (C=O) groups excluding carboxylic acids is 2. The van der Waals surface area contributed by atoms with Crippen molar-refractivity contribution in [2.24, 2.45) is 0 Å². The highest BCUT2D eigenvalue weighted by Gasteiger charge is 2.16. The molecule has 0 aromatic heterocycles. The van der Waals surface area contributed by atoms with Crippen molar-refractivity contribution in [1.82, 2.24) is 5.32 Å². The molecule has 0 unspecified atom stereocenters. The van der Waals surface area contributed by atoms with Crippen LogP contribution in [0.2, 0.25) is 0 Å². The van der Waals surface area contributed by atoms with E-state index in [0.29, 0.717) is 24.5 Å². The molecule has 0 aliphatic heterocycles. The molecule has 144 valence electrons. The monoisotopic (exact) mass is 369 g/mol. The Morgan fingerprint density at radius 3 is 2.41 bits per heavy atom. The largest absolute Gasteiger partial charge is 0.479 e. The molecule has 0 bridgehead atoms. The Labute approximate surface area is 160 Å². The molecule has 0 heterocycles. The fraction of sp³-hybridized carbons (Fsp3) is 0.364. The molecule has 0 saturated carbocycles. The van der Waals surface area contributed by atoms with E-state index >= 15 is 0 Å². The van der Waals surface area contributed by atoms with E-state index < -0.39 is 6.10 Å². The second-order valence-electron chi connectivity index (χ2n) is 6.30. The minimum absolute atomic E-state index is 0.135. The quantitative estimate of drug-likeness (QED) is 0.511. The van der Waals surface area contributed by atoms with Crippen molar-refractivity contribution < 1.29 is 19.1 Å². The Hall–Kier alpha value is -2.82. The fourth-order valence-corrected chi connectivity index (χ4v) is 2.44. The number of ether oxygens (including phenoxy) is 2. The summed E-state index contributed by atoms with van der Waals surface area (Å²) in [4.78, 5) is 24.0. The normalized spacial score (nSPS) is 11.5. The summed E-state index contributed by atoms with van der Waals surface area (Å²) in [5.41, 5.74) is 1.73. The average Bonchev–Trinajstić information content (AvgIpc) is 2.69. The number of esters is 1. The predicted molar refractivity (Wildman–Crippen MR) is 105 cm³/mol. The molecule has 0 fully saturated rings. The summed E-state index contributed by atoms with van der Waals surface area (Å²) in [6, 6.07) is 16.7. The van der Waals surface area contributed by atoms with Gasteiger partial charge in [-0.1, -0.05) is 43.7 Å². The Kier molecular flexibility index (Phi) is 8.36. The summed E-state index contributed by atoms with van der Waals surface area (Å²) in [6.45, 7) is 4.67. The van der Waals surface area contributed by atoms with Gasteiger partial charge in [-0.15, -0.1) is 0 Å². The van der Waals surface area contributed by atoms with E-state index in [9.17, 15) is 9.59 Å². The van der Waals surface area contributed by atoms with Crippen molar-refractivity contribution in [2.45, 2.75) is 39.2 Å². The second kappa shape index (κ2) is 11.0. The summed E-state index contributed by atoms with van der Waals surface area (Å²) in [6.07, 6.45) is 1.91. The van der Waals surface area contributed by atoms with Gasteiger partial charge in [0.15, 0.2) is 6.10 Å². The summed E-state index contributed by atoms with van der Waals surface area (Å²) in [5.74, 6) is 0.00598. The molecule has 1 atom stereocenters. The van der Waals surface area contributed by atoms with Gasteiger partial charge < -0.3 is 14.8 Å². The molecule has 0 radical (unpaired) electrons. The van der Waals surface area contributed by atoms with Crippen LogP contribution in [-0.4, -0.2) is 31.1 Å². The van der Waals surface area contributed by atoms with Crippen LogP contribution in [0.1, 0.15) is 42.6 Å². The van der Waals surface area contributed by atoms with Crippen molar-refractivity contribution in [2.75, 3.05) is 13.2 Å². The van der Waals surface area contributed by atoms with Gasteiger partial charge in [0.25, 0.3) is 5.91 Å². The van der Waals surface area contributed by atoms with E-state index in [-0.39, 0.29) is 11.9 Å². The number of amides is 1. The first-order valence-electron chi connectivity index (χ1n) is 9.35. The molecule has 2 aromatic rings. The zero-order chi connectivity index (χ0) is 19.5. The number of nitrogens with one attached hydrogen (secondary N) is 1. The highest BCUT2D eigenvalue weighted by atomic mass is 16.6. The maximum absolute atomic E-state index is 12.2. The van der Waals surface area contributed by atoms with E-state index in [0.717, 1.165) is 19.3 Å². The zero-order valence-electron chi connectivity index (χ0n) is 15.9. The number of benzene rings is 2. The Bertz CT molecular complexity index is 713. The van der Waals surface area contributed by atoms with E-state index in [4.69, 9.17) is 9.47 Å². The van der Waals surface area contributed by atoms with Crippen LogP contribution in [-0.2, 0) is 16.0 Å². The Morgan fingerprint density at radius 2 is 1.74 bits per heavy atom. The Balaban J connectivity index is 1.78. The first-order valence-corrected chi connectivity index (χ1v) is 9.35. The number of hydrogen-bond acceptors (Lipinski definition) is 4. The molecule has 2 rings (SSSR count). The molecular formula is C22H27NO4. The number of rotatable bonds is 10. The van der Waals surface area contributed by atoms with Gasteiger partial charge in [0, 0.05) is 12.1 Å². The third-order valence-electron chi connectivity index (χ3n) is 4.05. The van der Waals surface area contributed by atoms with Crippen LogP contribution in [0.3, 0.4) is 0 Å². The summed E-state index contributed by atoms with van der Waals surface area (Å²) in [5, 5.41) is 2.90. The minimum Gasteiger partial charge on any atom is -0.479 e. The van der Waals surface area contributed by atoms with E-state index in [2.05, 4.69) is 5.32 Å². The third kappa shape index (κ3) is 7.13. The van der Waals surface area contributed by atoms with Crippen LogP contribution in [0.25, 0.3) is 0 Å². The van der Waals surface area contributed by atoms with E-state index in [1.807, 2.05) is 37.3 Å². The molecule has 0 aliphatic carbocycles. The molecular weight excluding hydrogens is 342 g/mol. The van der Waals surface area contributed by atoms with Gasteiger partial charge in [0.05, 0.1) is 6.61 Å². The predicted octanol–water partition coefficient (Wildman–Crippen LogP) is 3.77. The lowest BCUT2D eigenvalue weighted by molar-refractivity contribution is -0.151. The van der Waals surface area contributed by atoms with Crippen LogP contribution in [0.15, 0.2) is 54.6 Å². The third-order valence-corrected chi connectivity index (χ3v) is 4.05. The first kappa shape index (κ1) is 20.5. The van der Waals surface area contributed by atoms with Gasteiger partial charge in [-0.05, 0) is 49.6 Å². The highest BCUT2D eigenvalue weighted by molar-refractivity contribution is 5.94. The van der Waals surface area contributed by atoms with Crippen molar-refractivity contribution in [3.8, 4) is 5.75 Å². The molecule has 2 aromatic carbocycles. The zero-order valence-corrected chi connectivity index (χ0v) is 15.9. The average molecular weight is 369 g/mol. The topological polar surface area (TPSA) is 64.6 Å². The highest BCUT2D eigenvalue weighted by Crippen LogP contribution is 2.14. The maximum atomic E-state index is 12.2. The van der Waals surface area contributed by atoms with Crippen molar-refractivity contribution in [3.05, 3.63) is 65.7 Å². The van der Waals surface area contributed by atoms with E-state index in [1.165, 1.54) is 5.56 Å². The van der Waals surface area contributed by atoms with Crippen LogP contribution in [0, 0.1) is 0 Å². The molecule has 27 heavy (non-hydrogen) atoms. The van der Waals surface area contributed by atoms with E-state index in [1.54, 1.807) is 31.2 Å². The first-order chi connectivity index (χ1) is 13.1. The molecule has 0 spiro atoms. The van der Waals surface area contributed by atoms with Crippen LogP contribution in [0.4, 0.5) is 0 Å².